The predicted octanol–water partition coefficient (Wildman–Crippen LogP) is 5.15. The molecule has 0 atom stereocenters. The normalized spacial score (nSPS) is 10.5. The van der Waals surface area contributed by atoms with Gasteiger partial charge >= 0.3 is 0 Å². The van der Waals surface area contributed by atoms with Crippen LogP contribution >= 0.6 is 11.6 Å². The fraction of sp³-hybridized carbons (Fsp3) is 0. The quantitative estimate of drug-likeness (QED) is 0.618. The van der Waals surface area contributed by atoms with Gasteiger partial charge in [-0.3, -0.25) is 4.79 Å². The second kappa shape index (κ2) is 7.45. The van der Waals surface area contributed by atoms with Crippen LogP contribution in [0.15, 0.2) is 54.7 Å². The maximum absolute atomic E-state index is 13.7. The van der Waals surface area contributed by atoms with Gasteiger partial charge in [-0.1, -0.05) is 23.7 Å². The molecule has 0 spiro atoms. The van der Waals surface area contributed by atoms with Gasteiger partial charge in [0.2, 0.25) is 0 Å². The molecule has 0 fully saturated rings. The number of nitrogens with one attached hydrogen (secondary N) is 2. The molecule has 2 aromatic carbocycles. The van der Waals surface area contributed by atoms with E-state index < -0.39 is 23.4 Å². The zero-order valence-corrected chi connectivity index (χ0v) is 13.8. The highest BCUT2D eigenvalue weighted by Gasteiger charge is 2.14. The van der Waals surface area contributed by atoms with Gasteiger partial charge in [0.05, 0.1) is 28.2 Å². The van der Waals surface area contributed by atoms with Crippen LogP contribution in [0.4, 0.5) is 30.4 Å². The Labute approximate surface area is 151 Å². The zero-order chi connectivity index (χ0) is 18.7. The van der Waals surface area contributed by atoms with E-state index in [1.807, 2.05) is 0 Å². The monoisotopic (exact) mass is 377 g/mol. The summed E-state index contributed by atoms with van der Waals surface area (Å²) in [6, 6.07) is 11.4. The molecule has 132 valence electrons. The largest absolute Gasteiger partial charge is 0.338 e. The zero-order valence-electron chi connectivity index (χ0n) is 13.1. The molecule has 0 saturated heterocycles. The van der Waals surface area contributed by atoms with Gasteiger partial charge in [0, 0.05) is 0 Å². The highest BCUT2D eigenvalue weighted by molar-refractivity contribution is 6.34. The van der Waals surface area contributed by atoms with Crippen LogP contribution in [0.5, 0.6) is 0 Å². The summed E-state index contributed by atoms with van der Waals surface area (Å²) in [7, 11) is 0. The Morgan fingerprint density at radius 3 is 2.42 bits per heavy atom. The van der Waals surface area contributed by atoms with Crippen molar-refractivity contribution in [2.24, 2.45) is 0 Å². The SMILES string of the molecule is O=C(Nc1ccc(Nc2ccc(F)c(F)c2F)nc1)c1ccccc1Cl. The van der Waals surface area contributed by atoms with Crippen LogP contribution in [-0.2, 0) is 0 Å². The Morgan fingerprint density at radius 2 is 1.73 bits per heavy atom. The third kappa shape index (κ3) is 3.78. The predicted molar refractivity (Wildman–Crippen MR) is 93.2 cm³/mol. The van der Waals surface area contributed by atoms with Gasteiger partial charge < -0.3 is 10.6 Å². The van der Waals surface area contributed by atoms with E-state index in [9.17, 15) is 18.0 Å². The van der Waals surface area contributed by atoms with Crippen molar-refractivity contribution in [1.29, 1.82) is 0 Å². The number of benzene rings is 2. The Kier molecular flexibility index (Phi) is 5.09. The third-order valence-corrected chi connectivity index (χ3v) is 3.77. The smallest absolute Gasteiger partial charge is 0.257 e. The molecule has 2 N–H and O–H groups in total. The first-order valence-electron chi connectivity index (χ1n) is 7.38. The first-order chi connectivity index (χ1) is 12.5. The van der Waals surface area contributed by atoms with Crippen molar-refractivity contribution in [3.05, 3.63) is 82.8 Å². The van der Waals surface area contributed by atoms with E-state index in [0.717, 1.165) is 12.1 Å². The molecule has 0 saturated carbocycles. The van der Waals surface area contributed by atoms with Crippen LogP contribution < -0.4 is 10.6 Å². The lowest BCUT2D eigenvalue weighted by Gasteiger charge is -2.09. The summed E-state index contributed by atoms with van der Waals surface area (Å²) in [4.78, 5) is 16.2. The topological polar surface area (TPSA) is 54.0 Å². The lowest BCUT2D eigenvalue weighted by Crippen LogP contribution is -2.12. The number of rotatable bonds is 4. The summed E-state index contributed by atoms with van der Waals surface area (Å²) in [6.45, 7) is 0. The summed E-state index contributed by atoms with van der Waals surface area (Å²) in [5.41, 5.74) is 0.427. The van der Waals surface area contributed by atoms with Crippen molar-refractivity contribution < 1.29 is 18.0 Å². The molecule has 8 heteroatoms. The van der Waals surface area contributed by atoms with E-state index in [1.165, 1.54) is 18.3 Å². The molecular formula is C18H11ClF3N3O. The van der Waals surface area contributed by atoms with Crippen LogP contribution in [0.3, 0.4) is 0 Å². The number of halogens is 4. The molecular weight excluding hydrogens is 367 g/mol. The number of hydrogen-bond acceptors (Lipinski definition) is 3. The van der Waals surface area contributed by atoms with Crippen molar-refractivity contribution >= 4 is 34.7 Å². The summed E-state index contributed by atoms with van der Waals surface area (Å²) < 4.78 is 39.8. The Balaban J connectivity index is 1.72. The first-order valence-corrected chi connectivity index (χ1v) is 7.76. The van der Waals surface area contributed by atoms with E-state index in [-0.39, 0.29) is 11.5 Å². The highest BCUT2D eigenvalue weighted by atomic mass is 35.5. The minimum absolute atomic E-state index is 0.186. The molecule has 26 heavy (non-hydrogen) atoms. The average molecular weight is 378 g/mol. The number of hydrogen-bond donors (Lipinski definition) is 2. The number of amides is 1. The second-order valence-electron chi connectivity index (χ2n) is 5.21. The average Bonchev–Trinajstić information content (AvgIpc) is 2.64. The minimum atomic E-state index is -1.57. The Bertz CT molecular complexity index is 964. The van der Waals surface area contributed by atoms with E-state index in [2.05, 4.69) is 15.6 Å². The summed E-state index contributed by atoms with van der Waals surface area (Å²) in [5, 5.41) is 5.47. The maximum atomic E-state index is 13.7. The fourth-order valence-corrected chi connectivity index (χ4v) is 2.37. The van der Waals surface area contributed by atoms with Gasteiger partial charge in [-0.25, -0.2) is 18.2 Å². The van der Waals surface area contributed by atoms with Crippen LogP contribution in [0, 0.1) is 17.5 Å². The first kappa shape index (κ1) is 17.8. The lowest BCUT2D eigenvalue weighted by atomic mass is 10.2. The van der Waals surface area contributed by atoms with Gasteiger partial charge in [0.1, 0.15) is 5.82 Å². The van der Waals surface area contributed by atoms with Crippen LogP contribution in [0.2, 0.25) is 5.02 Å². The number of pyridine rings is 1. The molecule has 0 radical (unpaired) electrons. The van der Waals surface area contributed by atoms with E-state index in [1.54, 1.807) is 24.3 Å². The molecule has 1 heterocycles. The van der Waals surface area contributed by atoms with Crippen molar-refractivity contribution in [3.8, 4) is 0 Å². The number of anilines is 3. The van der Waals surface area contributed by atoms with Crippen molar-refractivity contribution in [3.63, 3.8) is 0 Å². The molecule has 0 aliphatic carbocycles. The summed E-state index contributed by atoms with van der Waals surface area (Å²) in [6.07, 6.45) is 1.33. The fourth-order valence-electron chi connectivity index (χ4n) is 2.15. The molecule has 0 bridgehead atoms. The van der Waals surface area contributed by atoms with Gasteiger partial charge in [-0.15, -0.1) is 0 Å². The van der Waals surface area contributed by atoms with Crippen molar-refractivity contribution in [1.82, 2.24) is 4.98 Å². The molecule has 0 aliphatic rings. The number of carbonyl (C=O) groups is 1. The van der Waals surface area contributed by atoms with Gasteiger partial charge in [0.15, 0.2) is 17.5 Å². The molecule has 0 unspecified atom stereocenters. The lowest BCUT2D eigenvalue weighted by molar-refractivity contribution is 0.102. The Hall–Kier alpha value is -3.06. The second-order valence-corrected chi connectivity index (χ2v) is 5.62. The molecule has 1 amide bonds. The number of nitrogens with zero attached hydrogens (tertiary/aromatic N) is 1. The standard InChI is InChI=1S/C18H11ClF3N3O/c19-12-4-2-1-3-11(12)18(26)24-10-5-8-15(23-9-10)25-14-7-6-13(20)16(21)17(14)22/h1-9H,(H,23,25)(H,24,26). The van der Waals surface area contributed by atoms with E-state index in [0.29, 0.717) is 16.3 Å². The summed E-state index contributed by atoms with van der Waals surface area (Å²) in [5.74, 6) is -4.42. The van der Waals surface area contributed by atoms with Crippen LogP contribution in [-0.4, -0.2) is 10.9 Å². The van der Waals surface area contributed by atoms with Crippen LogP contribution in [0.25, 0.3) is 0 Å². The van der Waals surface area contributed by atoms with E-state index >= 15 is 0 Å². The number of carbonyl (C=O) groups excluding carboxylic acids is 1. The molecule has 4 nitrogen and oxygen atoms in total. The van der Waals surface area contributed by atoms with Gasteiger partial charge in [-0.2, -0.15) is 0 Å². The minimum Gasteiger partial charge on any atom is -0.338 e. The molecule has 3 aromatic rings. The summed E-state index contributed by atoms with van der Waals surface area (Å²) >= 11 is 5.96. The third-order valence-electron chi connectivity index (χ3n) is 3.44. The van der Waals surface area contributed by atoms with E-state index in [4.69, 9.17) is 11.6 Å². The molecule has 3 rings (SSSR count). The maximum Gasteiger partial charge on any atom is 0.257 e. The molecule has 0 aliphatic heterocycles. The Morgan fingerprint density at radius 1 is 0.962 bits per heavy atom. The van der Waals surface area contributed by atoms with Crippen molar-refractivity contribution in [2.45, 2.75) is 0 Å². The number of aromatic nitrogens is 1. The van der Waals surface area contributed by atoms with Crippen molar-refractivity contribution in [2.75, 3.05) is 10.6 Å². The highest BCUT2D eigenvalue weighted by Crippen LogP contribution is 2.23. The van der Waals surface area contributed by atoms with Gasteiger partial charge in [-0.05, 0) is 36.4 Å². The van der Waals surface area contributed by atoms with Crippen LogP contribution in [0.1, 0.15) is 10.4 Å². The molecule has 1 aromatic heterocycles. The van der Waals surface area contributed by atoms with Gasteiger partial charge in [0.25, 0.3) is 5.91 Å².